The lowest BCUT2D eigenvalue weighted by Gasteiger charge is -2.37. The Hall–Kier alpha value is -3.17. The van der Waals surface area contributed by atoms with Gasteiger partial charge in [-0.1, -0.05) is 23.7 Å². The second-order valence-corrected chi connectivity index (χ2v) is 7.59. The summed E-state index contributed by atoms with van der Waals surface area (Å²) in [7, 11) is 1.63. The minimum absolute atomic E-state index is 0.0236. The SMILES string of the molecule is COc1ccc(CNC(=O)CC2CNCCN2c2cc(Cl)nc(-n3ccnc3)n2)cc1. The van der Waals surface area contributed by atoms with Crippen LogP contribution in [0.3, 0.4) is 0 Å². The van der Waals surface area contributed by atoms with Crippen molar-refractivity contribution in [2.45, 2.75) is 19.0 Å². The van der Waals surface area contributed by atoms with Gasteiger partial charge < -0.3 is 20.3 Å². The van der Waals surface area contributed by atoms with E-state index in [4.69, 9.17) is 16.3 Å². The Kier molecular flexibility index (Phi) is 6.63. The number of hydrogen-bond donors (Lipinski definition) is 2. The smallest absolute Gasteiger partial charge is 0.238 e. The van der Waals surface area contributed by atoms with Gasteiger partial charge in [-0.15, -0.1) is 0 Å². The van der Waals surface area contributed by atoms with E-state index in [-0.39, 0.29) is 11.9 Å². The summed E-state index contributed by atoms with van der Waals surface area (Å²) in [5, 5.41) is 6.69. The molecule has 2 aromatic heterocycles. The van der Waals surface area contributed by atoms with Crippen molar-refractivity contribution in [3.63, 3.8) is 0 Å². The normalized spacial score (nSPS) is 16.2. The van der Waals surface area contributed by atoms with Crippen LogP contribution in [-0.4, -0.2) is 58.2 Å². The lowest BCUT2D eigenvalue weighted by Crippen LogP contribution is -2.53. The van der Waals surface area contributed by atoms with E-state index in [1.807, 2.05) is 24.3 Å². The number of nitrogens with one attached hydrogen (secondary N) is 2. The lowest BCUT2D eigenvalue weighted by molar-refractivity contribution is -0.121. The van der Waals surface area contributed by atoms with Crippen molar-refractivity contribution in [3.8, 4) is 11.7 Å². The number of benzene rings is 1. The standard InChI is InChI=1S/C21H24ClN7O2/c1-31-17-4-2-15(3-5-17)12-25-20(30)10-16-13-23-7-9-29(16)19-11-18(22)26-21(27-19)28-8-6-24-14-28/h2-6,8,11,14,16,23H,7,9-10,12-13H2,1H3,(H,25,30). The molecular weight excluding hydrogens is 418 g/mol. The van der Waals surface area contributed by atoms with Crippen LogP contribution in [0.25, 0.3) is 5.95 Å². The fraction of sp³-hybridized carbons (Fsp3) is 0.333. The Bertz CT molecular complexity index is 1010. The fourth-order valence-corrected chi connectivity index (χ4v) is 3.68. The first kappa shape index (κ1) is 21.1. The summed E-state index contributed by atoms with van der Waals surface area (Å²) in [6.07, 6.45) is 5.38. The van der Waals surface area contributed by atoms with Gasteiger partial charge in [0.05, 0.1) is 13.2 Å². The number of ether oxygens (including phenoxy) is 1. The van der Waals surface area contributed by atoms with Crippen LogP contribution in [0.1, 0.15) is 12.0 Å². The third kappa shape index (κ3) is 5.31. The predicted molar refractivity (Wildman–Crippen MR) is 118 cm³/mol. The van der Waals surface area contributed by atoms with Gasteiger partial charge in [-0.05, 0) is 17.7 Å². The summed E-state index contributed by atoms with van der Waals surface area (Å²) >= 11 is 6.26. The molecule has 2 N–H and O–H groups in total. The van der Waals surface area contributed by atoms with Gasteiger partial charge >= 0.3 is 0 Å². The molecule has 1 aliphatic rings. The van der Waals surface area contributed by atoms with Crippen LogP contribution in [0.5, 0.6) is 5.75 Å². The molecule has 0 radical (unpaired) electrons. The van der Waals surface area contributed by atoms with Gasteiger partial charge in [0.15, 0.2) is 0 Å². The van der Waals surface area contributed by atoms with Gasteiger partial charge in [-0.25, -0.2) is 9.97 Å². The zero-order valence-electron chi connectivity index (χ0n) is 17.2. The molecule has 9 nitrogen and oxygen atoms in total. The van der Waals surface area contributed by atoms with Crippen molar-refractivity contribution in [1.29, 1.82) is 0 Å². The monoisotopic (exact) mass is 441 g/mol. The highest BCUT2D eigenvalue weighted by Gasteiger charge is 2.26. The Labute approximate surface area is 185 Å². The summed E-state index contributed by atoms with van der Waals surface area (Å²) in [5.41, 5.74) is 1.01. The zero-order chi connectivity index (χ0) is 21.6. The predicted octanol–water partition coefficient (Wildman–Crippen LogP) is 1.81. The average Bonchev–Trinajstić information content (AvgIpc) is 3.33. The van der Waals surface area contributed by atoms with Crippen molar-refractivity contribution in [1.82, 2.24) is 30.2 Å². The minimum Gasteiger partial charge on any atom is -0.497 e. The highest BCUT2D eigenvalue weighted by molar-refractivity contribution is 6.29. The average molecular weight is 442 g/mol. The molecule has 4 rings (SSSR count). The number of aromatic nitrogens is 4. The third-order valence-corrected chi connectivity index (χ3v) is 5.31. The van der Waals surface area contributed by atoms with Gasteiger partial charge in [0, 0.05) is 51.1 Å². The highest BCUT2D eigenvalue weighted by Crippen LogP contribution is 2.22. The molecule has 0 bridgehead atoms. The molecule has 31 heavy (non-hydrogen) atoms. The molecule has 3 heterocycles. The number of carbonyl (C=O) groups is 1. The Morgan fingerprint density at radius 3 is 2.90 bits per heavy atom. The number of rotatable bonds is 7. The summed E-state index contributed by atoms with van der Waals surface area (Å²) in [4.78, 5) is 27.7. The van der Waals surface area contributed by atoms with Crippen LogP contribution in [0.4, 0.5) is 5.82 Å². The molecule has 1 fully saturated rings. The van der Waals surface area contributed by atoms with Crippen LogP contribution in [0.15, 0.2) is 49.1 Å². The van der Waals surface area contributed by atoms with Crippen LogP contribution in [0.2, 0.25) is 5.15 Å². The van der Waals surface area contributed by atoms with E-state index in [2.05, 4.69) is 30.5 Å². The largest absolute Gasteiger partial charge is 0.497 e. The number of anilines is 1. The van der Waals surface area contributed by atoms with Gasteiger partial charge in [-0.3, -0.25) is 9.36 Å². The molecule has 162 valence electrons. The number of carbonyl (C=O) groups excluding carboxylic acids is 1. The molecular formula is C21H24ClN7O2. The lowest BCUT2D eigenvalue weighted by atomic mass is 10.1. The molecule has 1 aromatic carbocycles. The molecule has 1 unspecified atom stereocenters. The second-order valence-electron chi connectivity index (χ2n) is 7.20. The summed E-state index contributed by atoms with van der Waals surface area (Å²) < 4.78 is 6.87. The minimum atomic E-state index is -0.0498. The number of piperazine rings is 1. The van der Waals surface area contributed by atoms with Crippen molar-refractivity contribution < 1.29 is 9.53 Å². The van der Waals surface area contributed by atoms with Crippen molar-refractivity contribution >= 4 is 23.3 Å². The van der Waals surface area contributed by atoms with E-state index in [0.29, 0.717) is 43.0 Å². The molecule has 1 saturated heterocycles. The maximum Gasteiger partial charge on any atom is 0.238 e. The molecule has 1 atom stereocenters. The van der Waals surface area contributed by atoms with E-state index in [9.17, 15) is 4.79 Å². The molecule has 1 amide bonds. The van der Waals surface area contributed by atoms with Crippen LogP contribution < -0.4 is 20.3 Å². The Balaban J connectivity index is 1.43. The molecule has 0 aliphatic carbocycles. The third-order valence-electron chi connectivity index (χ3n) is 5.12. The molecule has 3 aromatic rings. The number of amides is 1. The first-order valence-electron chi connectivity index (χ1n) is 10.0. The van der Waals surface area contributed by atoms with Gasteiger partial charge in [0.1, 0.15) is 23.0 Å². The van der Waals surface area contributed by atoms with E-state index in [0.717, 1.165) is 17.9 Å². The highest BCUT2D eigenvalue weighted by atomic mass is 35.5. The maximum atomic E-state index is 12.6. The molecule has 0 spiro atoms. The van der Waals surface area contributed by atoms with Crippen molar-refractivity contribution in [2.75, 3.05) is 31.6 Å². The number of imidazole rings is 1. The van der Waals surface area contributed by atoms with Gasteiger partial charge in [0.25, 0.3) is 0 Å². The zero-order valence-corrected chi connectivity index (χ0v) is 17.9. The quantitative estimate of drug-likeness (QED) is 0.539. The maximum absolute atomic E-state index is 12.6. The van der Waals surface area contributed by atoms with E-state index in [1.54, 1.807) is 36.5 Å². The summed E-state index contributed by atoms with van der Waals surface area (Å²) in [6, 6.07) is 9.32. The first-order valence-corrected chi connectivity index (χ1v) is 10.4. The van der Waals surface area contributed by atoms with E-state index >= 15 is 0 Å². The topological polar surface area (TPSA) is 97.2 Å². The number of hydrogen-bond acceptors (Lipinski definition) is 7. The molecule has 0 saturated carbocycles. The van der Waals surface area contributed by atoms with Gasteiger partial charge in [-0.2, -0.15) is 4.98 Å². The fourth-order valence-electron chi connectivity index (χ4n) is 3.51. The van der Waals surface area contributed by atoms with Crippen molar-refractivity contribution in [3.05, 3.63) is 59.8 Å². The Morgan fingerprint density at radius 2 is 2.16 bits per heavy atom. The number of halogens is 1. The van der Waals surface area contributed by atoms with Crippen molar-refractivity contribution in [2.24, 2.45) is 0 Å². The van der Waals surface area contributed by atoms with E-state index in [1.165, 1.54) is 0 Å². The van der Waals surface area contributed by atoms with Crippen LogP contribution >= 0.6 is 11.6 Å². The summed E-state index contributed by atoms with van der Waals surface area (Å²) in [5.74, 6) is 1.90. The second kappa shape index (κ2) is 9.76. The first-order chi connectivity index (χ1) is 15.1. The van der Waals surface area contributed by atoms with E-state index < -0.39 is 0 Å². The van der Waals surface area contributed by atoms with Crippen LogP contribution in [-0.2, 0) is 11.3 Å². The van der Waals surface area contributed by atoms with Gasteiger partial charge in [0.2, 0.25) is 11.9 Å². The molecule has 1 aliphatic heterocycles. The summed E-state index contributed by atoms with van der Waals surface area (Å²) in [6.45, 7) is 2.66. The molecule has 10 heteroatoms. The van der Waals surface area contributed by atoms with Crippen LogP contribution in [0, 0.1) is 0 Å². The number of methoxy groups -OCH3 is 1. The number of nitrogens with zero attached hydrogens (tertiary/aromatic N) is 5. The Morgan fingerprint density at radius 1 is 1.32 bits per heavy atom.